The van der Waals surface area contributed by atoms with E-state index >= 15 is 0 Å². The van der Waals surface area contributed by atoms with E-state index in [0.29, 0.717) is 12.3 Å². The number of primary amides is 1. The molecule has 2 amide bonds. The maximum absolute atomic E-state index is 13.0. The van der Waals surface area contributed by atoms with E-state index in [-0.39, 0.29) is 30.9 Å². The summed E-state index contributed by atoms with van der Waals surface area (Å²) < 4.78 is 5.73. The summed E-state index contributed by atoms with van der Waals surface area (Å²) >= 11 is 1.75. The van der Waals surface area contributed by atoms with Gasteiger partial charge in [-0.3, -0.25) is 9.59 Å². The number of carbonyl (C=O) groups excluding carboxylic acids is 2. The van der Waals surface area contributed by atoms with Gasteiger partial charge >= 0.3 is 0 Å². The zero-order valence-corrected chi connectivity index (χ0v) is 16.7. The molecule has 3 aromatic rings. The molecule has 29 heavy (non-hydrogen) atoms. The fourth-order valence-corrected chi connectivity index (χ4v) is 4.62. The number of nitrogens with two attached hydrogens (primary N) is 1. The Kier molecular flexibility index (Phi) is 5.62. The second-order valence-electron chi connectivity index (χ2n) is 7.03. The molecule has 0 bridgehead atoms. The molecule has 2 heterocycles. The number of carbonyl (C=O) groups is 2. The van der Waals surface area contributed by atoms with Gasteiger partial charge in [0.25, 0.3) is 5.91 Å². The van der Waals surface area contributed by atoms with Crippen LogP contribution in [0.3, 0.4) is 0 Å². The maximum atomic E-state index is 13.0. The van der Waals surface area contributed by atoms with E-state index in [4.69, 9.17) is 10.5 Å². The van der Waals surface area contributed by atoms with Crippen molar-refractivity contribution in [2.24, 2.45) is 5.73 Å². The molecular weight excluding hydrogens is 384 g/mol. The number of hydrogen-bond acceptors (Lipinski definition) is 4. The van der Waals surface area contributed by atoms with Gasteiger partial charge in [-0.1, -0.05) is 42.5 Å². The Balaban J connectivity index is 1.48. The molecule has 2 aromatic carbocycles. The Morgan fingerprint density at radius 2 is 1.83 bits per heavy atom. The molecule has 0 spiro atoms. The molecule has 1 aromatic heterocycles. The lowest BCUT2D eigenvalue weighted by Gasteiger charge is -2.36. The third kappa shape index (κ3) is 4.32. The smallest absolute Gasteiger partial charge is 0.261 e. The van der Waals surface area contributed by atoms with Gasteiger partial charge in [0.15, 0.2) is 6.61 Å². The predicted octanol–water partition coefficient (Wildman–Crippen LogP) is 3.33. The van der Waals surface area contributed by atoms with Gasteiger partial charge in [0, 0.05) is 11.4 Å². The van der Waals surface area contributed by atoms with Crippen LogP contribution >= 0.6 is 11.3 Å². The molecule has 148 valence electrons. The fourth-order valence-electron chi connectivity index (χ4n) is 3.71. The zero-order chi connectivity index (χ0) is 20.2. The second kappa shape index (κ2) is 8.49. The molecule has 1 aliphatic heterocycles. The summed E-state index contributed by atoms with van der Waals surface area (Å²) in [5, 5.41) is 2.10. The number of nitrogens with zero attached hydrogens (tertiary/aromatic N) is 1. The van der Waals surface area contributed by atoms with Gasteiger partial charge in [-0.15, -0.1) is 11.3 Å². The van der Waals surface area contributed by atoms with Crippen molar-refractivity contribution in [2.45, 2.75) is 18.9 Å². The second-order valence-corrected chi connectivity index (χ2v) is 8.03. The first kappa shape index (κ1) is 19.2. The van der Waals surface area contributed by atoms with Crippen LogP contribution in [0.1, 0.15) is 27.6 Å². The molecule has 0 unspecified atom stereocenters. The third-order valence-electron chi connectivity index (χ3n) is 5.07. The van der Waals surface area contributed by atoms with Crippen molar-refractivity contribution < 1.29 is 14.3 Å². The number of benzene rings is 2. The van der Waals surface area contributed by atoms with Crippen LogP contribution in [-0.2, 0) is 22.4 Å². The summed E-state index contributed by atoms with van der Waals surface area (Å²) in [6.45, 7) is 0.644. The van der Waals surface area contributed by atoms with Gasteiger partial charge in [0.05, 0.1) is 12.5 Å². The van der Waals surface area contributed by atoms with Crippen molar-refractivity contribution in [1.82, 2.24) is 4.90 Å². The molecule has 2 N–H and O–H groups in total. The molecule has 6 heteroatoms. The van der Waals surface area contributed by atoms with Crippen LogP contribution in [0.25, 0.3) is 0 Å². The molecule has 0 saturated heterocycles. The molecular formula is C23H22N2O3S. The van der Waals surface area contributed by atoms with Crippen LogP contribution in [-0.4, -0.2) is 29.9 Å². The summed E-state index contributed by atoms with van der Waals surface area (Å²) in [5.41, 5.74) is 8.34. The number of amides is 2. The molecule has 1 atom stereocenters. The molecule has 0 aliphatic carbocycles. The molecule has 4 rings (SSSR count). The largest absolute Gasteiger partial charge is 0.484 e. The number of hydrogen-bond donors (Lipinski definition) is 1. The lowest BCUT2D eigenvalue weighted by atomic mass is 9.93. The Labute approximate surface area is 173 Å². The van der Waals surface area contributed by atoms with Crippen LogP contribution in [0.4, 0.5) is 0 Å². The van der Waals surface area contributed by atoms with E-state index < -0.39 is 0 Å². The Hall–Kier alpha value is -3.12. The van der Waals surface area contributed by atoms with Gasteiger partial charge in [0.1, 0.15) is 5.75 Å². The number of ether oxygens (including phenoxy) is 1. The monoisotopic (exact) mass is 406 g/mol. The van der Waals surface area contributed by atoms with Crippen molar-refractivity contribution in [3.05, 3.63) is 87.6 Å². The van der Waals surface area contributed by atoms with Gasteiger partial charge < -0.3 is 15.4 Å². The molecule has 0 fully saturated rings. The normalized spacial score (nSPS) is 15.6. The van der Waals surface area contributed by atoms with Gasteiger partial charge in [-0.2, -0.15) is 0 Å². The van der Waals surface area contributed by atoms with Crippen molar-refractivity contribution in [3.8, 4) is 5.75 Å². The Bertz CT molecular complexity index is 998. The first-order chi connectivity index (χ1) is 14.1. The summed E-state index contributed by atoms with van der Waals surface area (Å²) in [6.07, 6.45) is 1.05. The summed E-state index contributed by atoms with van der Waals surface area (Å²) in [5.74, 6) is 0.173. The summed E-state index contributed by atoms with van der Waals surface area (Å²) in [4.78, 5) is 27.3. The first-order valence-electron chi connectivity index (χ1n) is 9.52. The third-order valence-corrected chi connectivity index (χ3v) is 6.06. The van der Waals surface area contributed by atoms with E-state index in [1.807, 2.05) is 23.1 Å². The standard InChI is InChI=1S/C23H22N2O3S/c24-21(26)14-16-6-8-18(9-7-16)28-15-22(27)25-12-10-20-19(11-13-29-20)23(25)17-4-2-1-3-5-17/h1-9,11,13,23H,10,12,14-15H2,(H2,24,26)/t23-/m0/s1. The van der Waals surface area contributed by atoms with Crippen molar-refractivity contribution >= 4 is 23.2 Å². The molecule has 1 aliphatic rings. The minimum Gasteiger partial charge on any atom is -0.484 e. The average Bonchev–Trinajstić information content (AvgIpc) is 3.21. The molecule has 0 saturated carbocycles. The van der Waals surface area contributed by atoms with Crippen molar-refractivity contribution in [1.29, 1.82) is 0 Å². The van der Waals surface area contributed by atoms with Crippen LogP contribution in [0.2, 0.25) is 0 Å². The number of rotatable bonds is 6. The Morgan fingerprint density at radius 3 is 2.55 bits per heavy atom. The van der Waals surface area contributed by atoms with E-state index in [2.05, 4.69) is 23.6 Å². The molecule has 0 radical (unpaired) electrons. The topological polar surface area (TPSA) is 72.6 Å². The summed E-state index contributed by atoms with van der Waals surface area (Å²) in [7, 11) is 0. The highest BCUT2D eigenvalue weighted by atomic mass is 32.1. The van der Waals surface area contributed by atoms with Crippen molar-refractivity contribution in [3.63, 3.8) is 0 Å². The Morgan fingerprint density at radius 1 is 1.07 bits per heavy atom. The molecule has 5 nitrogen and oxygen atoms in total. The quantitative estimate of drug-likeness (QED) is 0.682. The summed E-state index contributed by atoms with van der Waals surface area (Å²) in [6, 6.07) is 19.2. The van der Waals surface area contributed by atoms with E-state index in [0.717, 1.165) is 17.5 Å². The number of thiophene rings is 1. The van der Waals surface area contributed by atoms with Crippen LogP contribution in [0.5, 0.6) is 5.75 Å². The highest BCUT2D eigenvalue weighted by Crippen LogP contribution is 2.37. The number of fused-ring (bicyclic) bond motifs is 1. The lowest BCUT2D eigenvalue weighted by Crippen LogP contribution is -2.42. The zero-order valence-electron chi connectivity index (χ0n) is 15.9. The van der Waals surface area contributed by atoms with E-state index in [9.17, 15) is 9.59 Å². The van der Waals surface area contributed by atoms with Crippen molar-refractivity contribution in [2.75, 3.05) is 13.2 Å². The minimum atomic E-state index is -0.376. The minimum absolute atomic E-state index is 0.0298. The maximum Gasteiger partial charge on any atom is 0.261 e. The van der Waals surface area contributed by atoms with E-state index in [1.165, 1.54) is 10.4 Å². The van der Waals surface area contributed by atoms with Gasteiger partial charge in [-0.25, -0.2) is 0 Å². The fraction of sp³-hybridized carbons (Fsp3) is 0.217. The lowest BCUT2D eigenvalue weighted by molar-refractivity contribution is -0.135. The SMILES string of the molecule is NC(=O)Cc1ccc(OCC(=O)N2CCc3sccc3[C@@H]2c2ccccc2)cc1. The van der Waals surface area contributed by atoms with Gasteiger partial charge in [-0.05, 0) is 46.7 Å². The predicted molar refractivity (Wildman–Crippen MR) is 113 cm³/mol. The van der Waals surface area contributed by atoms with Crippen LogP contribution < -0.4 is 10.5 Å². The van der Waals surface area contributed by atoms with Crippen LogP contribution in [0, 0.1) is 0 Å². The highest BCUT2D eigenvalue weighted by molar-refractivity contribution is 7.10. The van der Waals surface area contributed by atoms with Crippen LogP contribution in [0.15, 0.2) is 66.0 Å². The first-order valence-corrected chi connectivity index (χ1v) is 10.4. The highest BCUT2D eigenvalue weighted by Gasteiger charge is 2.32. The van der Waals surface area contributed by atoms with Gasteiger partial charge in [0.2, 0.25) is 5.91 Å². The van der Waals surface area contributed by atoms with E-state index in [1.54, 1.807) is 35.6 Å². The average molecular weight is 407 g/mol.